The van der Waals surface area contributed by atoms with Gasteiger partial charge >= 0.3 is 17.9 Å². The third kappa shape index (κ3) is 7.63. The van der Waals surface area contributed by atoms with Crippen molar-refractivity contribution in [1.82, 2.24) is 0 Å². The minimum Gasteiger partial charge on any atom is -0.459 e. The molecule has 0 radical (unpaired) electrons. The van der Waals surface area contributed by atoms with Gasteiger partial charge in [-0.15, -0.1) is 0 Å². The average molecular weight is 660 g/mol. The first kappa shape index (κ1) is 30.2. The van der Waals surface area contributed by atoms with E-state index in [2.05, 4.69) is 0 Å². The van der Waals surface area contributed by atoms with E-state index in [-0.39, 0.29) is 25.1 Å². The topological polar surface area (TPSA) is 124 Å². The first-order chi connectivity index (χ1) is 18.0. The number of esters is 3. The molecular weight excluding hydrogens is 630 g/mol. The summed E-state index contributed by atoms with van der Waals surface area (Å²) in [7, 11) is -3.16. The van der Waals surface area contributed by atoms with E-state index in [1.807, 2.05) is 22.6 Å². The summed E-state index contributed by atoms with van der Waals surface area (Å²) >= 11 is 2.02. The van der Waals surface area contributed by atoms with E-state index in [4.69, 9.17) is 28.2 Å². The molecule has 5 atom stereocenters. The molecule has 0 amide bonds. The fourth-order valence-electron chi connectivity index (χ4n) is 3.84. The van der Waals surface area contributed by atoms with Crippen molar-refractivity contribution in [2.45, 2.75) is 44.9 Å². The van der Waals surface area contributed by atoms with Gasteiger partial charge in [0, 0.05) is 17.2 Å². The molecule has 0 N–H and O–H groups in total. The Bertz CT molecular complexity index is 1190. The normalized spacial score (nSPS) is 24.3. The molecular formula is C26H30IO10P. The summed E-state index contributed by atoms with van der Waals surface area (Å²) in [6.45, 7) is 5.65. The van der Waals surface area contributed by atoms with Crippen molar-refractivity contribution in [2.24, 2.45) is 0 Å². The lowest BCUT2D eigenvalue weighted by Gasteiger charge is -2.33. The number of ether oxygens (including phenoxy) is 5. The molecule has 206 valence electrons. The zero-order valence-corrected chi connectivity index (χ0v) is 24.5. The molecule has 12 heteroatoms. The van der Waals surface area contributed by atoms with Crippen LogP contribution in [-0.2, 0) is 37.6 Å². The molecule has 2 aromatic carbocycles. The van der Waals surface area contributed by atoms with Crippen LogP contribution in [0.2, 0.25) is 0 Å². The van der Waals surface area contributed by atoms with Gasteiger partial charge in [0.25, 0.3) is 0 Å². The zero-order valence-electron chi connectivity index (χ0n) is 21.5. The summed E-state index contributed by atoms with van der Waals surface area (Å²) in [5.41, 5.74) is -1.04. The van der Waals surface area contributed by atoms with E-state index in [9.17, 15) is 18.9 Å². The van der Waals surface area contributed by atoms with Gasteiger partial charge in [-0.1, -0.05) is 30.3 Å². The smallest absolute Gasteiger partial charge is 0.339 e. The van der Waals surface area contributed by atoms with E-state index in [1.54, 1.807) is 61.5 Å². The number of hydrogen-bond acceptors (Lipinski definition) is 10. The van der Waals surface area contributed by atoms with Crippen LogP contribution in [0.15, 0.2) is 54.6 Å². The monoisotopic (exact) mass is 660 g/mol. The molecule has 38 heavy (non-hydrogen) atoms. The van der Waals surface area contributed by atoms with Gasteiger partial charge in [-0.05, 0) is 60.7 Å². The largest absolute Gasteiger partial charge is 0.459 e. The highest BCUT2D eigenvalue weighted by Crippen LogP contribution is 2.45. The van der Waals surface area contributed by atoms with Gasteiger partial charge in [-0.2, -0.15) is 0 Å². The van der Waals surface area contributed by atoms with Gasteiger partial charge in [-0.3, -0.25) is 9.36 Å². The number of hydrogen-bond donors (Lipinski definition) is 0. The standard InChI is InChI=1S/C26H30IO10P/c1-5-34-38(4,31)16-33-25-22(35-17(2)28)26(3,37-23(29)18-11-7-6-8-12-18)21(36-25)15-32-24(30)19-13-9-10-14-20(19)27/h6-14,21-22,25H,5,15-16H2,1-4H3/t21-,22-,25-,26?,38?/m0/s1. The SMILES string of the molecule is CCOP(C)(=O)CO[C@H]1O[C@@H](COC(=O)c2ccccc2I)C(C)(OC(=O)c2ccccc2)[C@H]1OC(C)=O. The van der Waals surface area contributed by atoms with Crippen LogP contribution < -0.4 is 0 Å². The second-order valence-electron chi connectivity index (χ2n) is 8.77. The molecule has 0 aromatic heterocycles. The fraction of sp³-hybridized carbons (Fsp3) is 0.423. The molecule has 1 aliphatic heterocycles. The van der Waals surface area contributed by atoms with Crippen LogP contribution in [0.3, 0.4) is 0 Å². The molecule has 1 saturated heterocycles. The summed E-state index contributed by atoms with van der Waals surface area (Å²) < 4.78 is 47.2. The lowest BCUT2D eigenvalue weighted by atomic mass is 9.94. The molecule has 3 rings (SSSR count). The Balaban J connectivity index is 1.90. The van der Waals surface area contributed by atoms with Crippen molar-refractivity contribution in [2.75, 3.05) is 26.2 Å². The van der Waals surface area contributed by atoms with Crippen molar-refractivity contribution in [1.29, 1.82) is 0 Å². The van der Waals surface area contributed by atoms with Crippen molar-refractivity contribution < 1.29 is 47.2 Å². The maximum atomic E-state index is 13.1. The Morgan fingerprint density at radius 2 is 1.71 bits per heavy atom. The van der Waals surface area contributed by atoms with Gasteiger partial charge in [0.2, 0.25) is 7.37 Å². The van der Waals surface area contributed by atoms with Gasteiger partial charge in [0.05, 0.1) is 17.7 Å². The zero-order chi connectivity index (χ0) is 27.9. The number of carbonyl (C=O) groups excluding carboxylic acids is 3. The first-order valence-corrected chi connectivity index (χ1v) is 15.2. The summed E-state index contributed by atoms with van der Waals surface area (Å²) in [5, 5.41) is 0. The number of rotatable bonds is 11. The minimum atomic E-state index is -3.16. The Hall–Kier alpha value is -2.31. The molecule has 0 spiro atoms. The first-order valence-electron chi connectivity index (χ1n) is 11.8. The quantitative estimate of drug-likeness (QED) is 0.146. The lowest BCUT2D eigenvalue weighted by Crippen LogP contribution is -2.52. The number of halogens is 1. The van der Waals surface area contributed by atoms with Gasteiger partial charge < -0.3 is 28.2 Å². The maximum absolute atomic E-state index is 13.1. The third-order valence-electron chi connectivity index (χ3n) is 5.70. The van der Waals surface area contributed by atoms with Crippen molar-refractivity contribution in [3.05, 3.63) is 69.3 Å². The molecule has 1 heterocycles. The molecule has 0 saturated carbocycles. The fourth-order valence-corrected chi connectivity index (χ4v) is 5.48. The molecule has 0 aliphatic carbocycles. The van der Waals surface area contributed by atoms with E-state index >= 15 is 0 Å². The maximum Gasteiger partial charge on any atom is 0.339 e. The number of benzene rings is 2. The summed E-state index contributed by atoms with van der Waals surface area (Å²) in [4.78, 5) is 37.9. The summed E-state index contributed by atoms with van der Waals surface area (Å²) in [6.07, 6.45) is -4.00. The highest BCUT2D eigenvalue weighted by molar-refractivity contribution is 14.1. The molecule has 1 aliphatic rings. The Kier molecular flexibility index (Phi) is 10.5. The lowest BCUT2D eigenvalue weighted by molar-refractivity contribution is -0.185. The van der Waals surface area contributed by atoms with Gasteiger partial charge in [0.15, 0.2) is 18.0 Å². The third-order valence-corrected chi connectivity index (χ3v) is 8.06. The van der Waals surface area contributed by atoms with Crippen molar-refractivity contribution in [3.63, 3.8) is 0 Å². The number of carbonyl (C=O) groups is 3. The highest BCUT2D eigenvalue weighted by atomic mass is 127. The van der Waals surface area contributed by atoms with Crippen LogP contribution in [0, 0.1) is 3.57 Å². The predicted molar refractivity (Wildman–Crippen MR) is 145 cm³/mol. The van der Waals surface area contributed by atoms with Crippen LogP contribution in [-0.4, -0.2) is 68.2 Å². The molecule has 2 aromatic rings. The van der Waals surface area contributed by atoms with Crippen LogP contribution in [0.4, 0.5) is 0 Å². The summed E-state index contributed by atoms with van der Waals surface area (Å²) in [6, 6.07) is 15.1. The molecule has 1 fully saturated rings. The molecule has 10 nitrogen and oxygen atoms in total. The van der Waals surface area contributed by atoms with Crippen molar-refractivity contribution in [3.8, 4) is 0 Å². The predicted octanol–water partition coefficient (Wildman–Crippen LogP) is 4.64. The van der Waals surface area contributed by atoms with Crippen LogP contribution in [0.25, 0.3) is 0 Å². The van der Waals surface area contributed by atoms with Crippen molar-refractivity contribution >= 4 is 47.9 Å². The molecule has 0 bridgehead atoms. The van der Waals surface area contributed by atoms with E-state index < -0.39 is 49.4 Å². The van der Waals surface area contributed by atoms with Crippen LogP contribution in [0.5, 0.6) is 0 Å². The Labute approximate surface area is 234 Å². The molecule has 2 unspecified atom stereocenters. The Morgan fingerprint density at radius 1 is 1.05 bits per heavy atom. The van der Waals surface area contributed by atoms with Gasteiger partial charge in [-0.25, -0.2) is 9.59 Å². The highest BCUT2D eigenvalue weighted by Gasteiger charge is 2.60. The van der Waals surface area contributed by atoms with Crippen LogP contribution in [0.1, 0.15) is 41.5 Å². The second-order valence-corrected chi connectivity index (χ2v) is 12.5. The average Bonchev–Trinajstić information content (AvgIpc) is 3.12. The Morgan fingerprint density at radius 3 is 2.34 bits per heavy atom. The second kappa shape index (κ2) is 13.2. The van der Waals surface area contributed by atoms with Crippen LogP contribution >= 0.6 is 30.0 Å². The van der Waals surface area contributed by atoms with E-state index in [0.29, 0.717) is 9.13 Å². The van der Waals surface area contributed by atoms with E-state index in [0.717, 1.165) is 0 Å². The van der Waals surface area contributed by atoms with E-state index in [1.165, 1.54) is 20.5 Å². The summed E-state index contributed by atoms with van der Waals surface area (Å²) in [5.74, 6) is -2.01. The minimum absolute atomic E-state index is 0.208. The van der Waals surface area contributed by atoms with Gasteiger partial charge in [0.1, 0.15) is 19.1 Å².